The molecule has 0 aliphatic carbocycles. The van der Waals surface area contributed by atoms with E-state index in [0.29, 0.717) is 37.8 Å². The normalized spacial score (nSPS) is 16.9. The molecule has 2 rings (SSSR count). The fourth-order valence-electron chi connectivity index (χ4n) is 8.00. The van der Waals surface area contributed by atoms with Gasteiger partial charge >= 0.3 is 11.9 Å². The van der Waals surface area contributed by atoms with Crippen LogP contribution in [0, 0.1) is 17.8 Å². The molecule has 1 saturated heterocycles. The first-order chi connectivity index (χ1) is 35.2. The number of carbonyl (C=O) groups excluding carboxylic acids is 9. The number of nitrogens with zero attached hydrogens (tertiary/aromatic N) is 1. The van der Waals surface area contributed by atoms with Gasteiger partial charge in [0.25, 0.3) is 0 Å². The number of aliphatic carboxylic acids is 2. The lowest BCUT2D eigenvalue weighted by Gasteiger charge is -2.32. The number of hydrogen-bond acceptors (Lipinski definition) is 15. The summed E-state index contributed by atoms with van der Waals surface area (Å²) in [5.74, 6) is -12.0. The van der Waals surface area contributed by atoms with Crippen molar-refractivity contribution >= 4 is 77.7 Å². The van der Waals surface area contributed by atoms with Gasteiger partial charge in [-0.1, -0.05) is 78.3 Å². The number of unbranched alkanes of at least 4 members (excludes halogenated alkanes) is 1. The second-order valence-corrected chi connectivity index (χ2v) is 20.1. The third-order valence-corrected chi connectivity index (χ3v) is 12.6. The van der Waals surface area contributed by atoms with E-state index in [1.165, 1.54) is 6.92 Å². The molecule has 0 unspecified atom stereocenters. The molecule has 0 spiro atoms. The highest BCUT2D eigenvalue weighted by molar-refractivity contribution is 7.80. The maximum Gasteiger partial charge on any atom is 0.328 e. The van der Waals surface area contributed by atoms with Gasteiger partial charge in [0.15, 0.2) is 6.04 Å². The van der Waals surface area contributed by atoms with E-state index >= 15 is 0 Å². The Balaban J connectivity index is 2.27. The maximum atomic E-state index is 14.1. The minimum absolute atomic E-state index is 0.0268. The van der Waals surface area contributed by atoms with Crippen molar-refractivity contribution in [3.63, 3.8) is 0 Å². The van der Waals surface area contributed by atoms with Gasteiger partial charge in [-0.2, -0.15) is 12.6 Å². The van der Waals surface area contributed by atoms with Gasteiger partial charge in [-0.3, -0.25) is 47.9 Å². The van der Waals surface area contributed by atoms with Crippen molar-refractivity contribution in [2.75, 3.05) is 25.4 Å². The number of nitrogens with one attached hydrogen (secondary N) is 8. The van der Waals surface area contributed by atoms with Crippen LogP contribution in [0.5, 0.6) is 0 Å². The molecule has 0 aromatic heterocycles. The van der Waals surface area contributed by atoms with Gasteiger partial charge in [-0.15, -0.1) is 0 Å². The predicted octanol–water partition coefficient (Wildman–Crippen LogP) is -2.59. The molecule has 1 heterocycles. The highest BCUT2D eigenvalue weighted by atomic mass is 32.1. The Labute approximate surface area is 442 Å². The summed E-state index contributed by atoms with van der Waals surface area (Å²) in [6.45, 7) is 11.2. The number of likely N-dealkylation sites (tertiary alicyclic amines) is 1. The first-order valence-electron chi connectivity index (χ1n) is 25.1. The van der Waals surface area contributed by atoms with Crippen LogP contribution in [-0.4, -0.2) is 171 Å². The van der Waals surface area contributed by atoms with Gasteiger partial charge in [0.1, 0.15) is 42.3 Å². The van der Waals surface area contributed by atoms with Crippen LogP contribution in [0.3, 0.4) is 0 Å². The number of carbonyl (C=O) groups is 11. The quantitative estimate of drug-likeness (QED) is 0.0260. The lowest BCUT2D eigenvalue weighted by Crippen LogP contribution is -2.61. The number of rotatable bonds is 32. The molecule has 75 heavy (non-hydrogen) atoms. The molecule has 0 bridgehead atoms. The van der Waals surface area contributed by atoms with E-state index in [-0.39, 0.29) is 37.5 Å². The number of carboxylic acid groups (broad SMARTS) is 2. The smallest absolute Gasteiger partial charge is 0.328 e. The largest absolute Gasteiger partial charge is 0.481 e. The standard InChI is InChI=1S/C49H79N11O14S/c1-25(2)20-31(53-41(65)30(51)16-11-12-18-50)42(66)52-23-36(62)57-38(26(3)4)47(71)56-34(24-75)45(69)54-32(21-29-14-9-8-10-15-29)43(67)55-33(22-37(63)64)44(68)58-39(27(5)6)48(72)60-19-13-17-35(60)46(70)59-40(28(7)61)49(73)74/h8-10,14-15,25-28,30-35,38-40,61,75H,11-13,16-24,50-51H2,1-7H3,(H,52,66)(H,53,65)(H,54,69)(H,55,67)(H,56,71)(H,57,62)(H,58,68)(H,59,70)(H,63,64)(H,73,74)/t28-,30+,31+,32+,33+,34+,35+,38+,39+,40+/m1/s1. The Kier molecular flexibility index (Phi) is 27.7. The molecule has 1 aliphatic heterocycles. The average molecular weight is 1080 g/mol. The Morgan fingerprint density at radius 1 is 0.680 bits per heavy atom. The summed E-state index contributed by atoms with van der Waals surface area (Å²) in [6, 6.07) is -3.78. The van der Waals surface area contributed by atoms with Crippen LogP contribution >= 0.6 is 12.6 Å². The zero-order valence-electron chi connectivity index (χ0n) is 43.8. The molecule has 10 atom stereocenters. The minimum Gasteiger partial charge on any atom is -0.481 e. The average Bonchev–Trinajstić information content (AvgIpc) is 3.84. The zero-order valence-corrected chi connectivity index (χ0v) is 44.7. The molecular formula is C49H79N11O14S. The summed E-state index contributed by atoms with van der Waals surface area (Å²) >= 11 is 4.25. The molecule has 1 aliphatic rings. The number of aliphatic hydroxyl groups excluding tert-OH is 1. The van der Waals surface area contributed by atoms with Crippen LogP contribution in [-0.2, 0) is 59.2 Å². The summed E-state index contributed by atoms with van der Waals surface area (Å²) in [5.41, 5.74) is 12.1. The van der Waals surface area contributed by atoms with Crippen molar-refractivity contribution in [1.82, 2.24) is 47.4 Å². The molecule has 0 saturated carbocycles. The monoisotopic (exact) mass is 1080 g/mol. The van der Waals surface area contributed by atoms with Crippen LogP contribution in [0.15, 0.2) is 30.3 Å². The van der Waals surface area contributed by atoms with Crippen molar-refractivity contribution in [2.24, 2.45) is 29.2 Å². The topological polar surface area (TPSA) is 400 Å². The van der Waals surface area contributed by atoms with Gasteiger partial charge in [-0.05, 0) is 68.9 Å². The van der Waals surface area contributed by atoms with Gasteiger partial charge in [-0.25, -0.2) is 4.79 Å². The lowest BCUT2D eigenvalue weighted by atomic mass is 10.0. The second-order valence-electron chi connectivity index (χ2n) is 19.7. The Bertz CT molecular complexity index is 2130. The van der Waals surface area contributed by atoms with E-state index in [0.717, 1.165) is 4.90 Å². The van der Waals surface area contributed by atoms with Crippen LogP contribution < -0.4 is 54.0 Å². The van der Waals surface area contributed by atoms with E-state index in [1.807, 2.05) is 13.8 Å². The third-order valence-electron chi connectivity index (χ3n) is 12.2. The lowest BCUT2D eigenvalue weighted by molar-refractivity contribution is -0.147. The molecule has 26 heteroatoms. The molecule has 15 N–H and O–H groups in total. The first-order valence-corrected chi connectivity index (χ1v) is 25.8. The molecule has 25 nitrogen and oxygen atoms in total. The van der Waals surface area contributed by atoms with Crippen LogP contribution in [0.2, 0.25) is 0 Å². The number of thiol groups is 1. The van der Waals surface area contributed by atoms with Gasteiger partial charge < -0.3 is 74.2 Å². The van der Waals surface area contributed by atoms with E-state index in [4.69, 9.17) is 11.5 Å². The summed E-state index contributed by atoms with van der Waals surface area (Å²) in [6.07, 6.45) is -0.266. The van der Waals surface area contributed by atoms with Gasteiger partial charge in [0, 0.05) is 18.7 Å². The predicted molar refractivity (Wildman–Crippen MR) is 277 cm³/mol. The summed E-state index contributed by atoms with van der Waals surface area (Å²) in [4.78, 5) is 147. The number of carboxylic acids is 2. The number of aliphatic hydroxyl groups is 1. The molecule has 0 radical (unpaired) electrons. The maximum absolute atomic E-state index is 14.1. The second kappa shape index (κ2) is 32.1. The first kappa shape index (κ1) is 64.7. The van der Waals surface area contributed by atoms with Crippen molar-refractivity contribution < 1.29 is 68.1 Å². The van der Waals surface area contributed by atoms with Crippen molar-refractivity contribution in [3.05, 3.63) is 35.9 Å². The summed E-state index contributed by atoms with van der Waals surface area (Å²) in [7, 11) is 0. The van der Waals surface area contributed by atoms with Crippen molar-refractivity contribution in [1.29, 1.82) is 0 Å². The molecule has 1 aromatic carbocycles. The highest BCUT2D eigenvalue weighted by Crippen LogP contribution is 2.21. The molecular weight excluding hydrogens is 999 g/mol. The van der Waals surface area contributed by atoms with Crippen molar-refractivity contribution in [3.8, 4) is 0 Å². The summed E-state index contributed by atoms with van der Waals surface area (Å²) < 4.78 is 0. The molecule has 420 valence electrons. The van der Waals surface area contributed by atoms with Crippen LogP contribution in [0.1, 0.15) is 99.0 Å². The van der Waals surface area contributed by atoms with Crippen molar-refractivity contribution in [2.45, 2.75) is 160 Å². The van der Waals surface area contributed by atoms with Crippen LogP contribution in [0.25, 0.3) is 0 Å². The molecule has 1 aromatic rings. The fourth-order valence-corrected chi connectivity index (χ4v) is 8.26. The number of amides is 9. The van der Waals surface area contributed by atoms with Crippen LogP contribution in [0.4, 0.5) is 0 Å². The number of nitrogens with two attached hydrogens (primary N) is 2. The Hall–Kier alpha value is -6.38. The number of hydrogen-bond donors (Lipinski definition) is 14. The molecule has 9 amide bonds. The number of benzene rings is 1. The molecule has 1 fully saturated rings. The summed E-state index contributed by atoms with van der Waals surface area (Å²) in [5, 5.41) is 49.1. The Morgan fingerprint density at radius 2 is 1.25 bits per heavy atom. The fraction of sp³-hybridized carbons (Fsp3) is 0.653. The Morgan fingerprint density at radius 3 is 1.80 bits per heavy atom. The van der Waals surface area contributed by atoms with Gasteiger partial charge in [0.2, 0.25) is 53.2 Å². The van der Waals surface area contributed by atoms with E-state index in [9.17, 15) is 68.1 Å². The van der Waals surface area contributed by atoms with E-state index < -0.39 is 150 Å². The zero-order chi connectivity index (χ0) is 56.7. The van der Waals surface area contributed by atoms with E-state index in [2.05, 4.69) is 55.2 Å². The minimum atomic E-state index is -1.82. The SMILES string of the molecule is CC(C)C[C@H](NC(=O)[C@@H](N)CCCCN)C(=O)NCC(=O)N[C@H](C(=O)N[C@@H](CS)C(=O)N[C@@H](Cc1ccccc1)C(=O)N[C@@H](CC(=O)O)C(=O)N[C@H](C(=O)N1CCC[C@H]1C(=O)N[C@H](C(=O)O)[C@@H](C)O)C(C)C)C(C)C. The van der Waals surface area contributed by atoms with Gasteiger partial charge in [0.05, 0.1) is 25.1 Å². The highest BCUT2D eigenvalue weighted by Gasteiger charge is 2.42. The third kappa shape index (κ3) is 21.8. The van der Waals surface area contributed by atoms with E-state index in [1.54, 1.807) is 58.0 Å².